The molecule has 1 aliphatic heterocycles. The van der Waals surface area contributed by atoms with E-state index in [1.807, 2.05) is 12.1 Å². The Morgan fingerprint density at radius 2 is 2.23 bits per heavy atom. The summed E-state index contributed by atoms with van der Waals surface area (Å²) in [5, 5.41) is 3.28. The van der Waals surface area contributed by atoms with Gasteiger partial charge in [-0.1, -0.05) is 21.1 Å². The van der Waals surface area contributed by atoms with E-state index in [4.69, 9.17) is 9.26 Å². The van der Waals surface area contributed by atoms with E-state index in [0.29, 0.717) is 13.1 Å². The molecule has 22 heavy (non-hydrogen) atoms. The maximum Gasteiger partial charge on any atom is 0.300 e. The van der Waals surface area contributed by atoms with Crippen molar-refractivity contribution < 1.29 is 18.0 Å². The van der Waals surface area contributed by atoms with Crippen molar-refractivity contribution in [3.05, 3.63) is 39.4 Å². The van der Waals surface area contributed by atoms with Crippen LogP contribution in [0.5, 0.6) is 5.75 Å². The number of alkyl halides is 2. The molecule has 8 heteroatoms. The minimum absolute atomic E-state index is 0.206. The number of rotatable bonds is 4. The zero-order valence-corrected chi connectivity index (χ0v) is 13.4. The Labute approximate surface area is 134 Å². The summed E-state index contributed by atoms with van der Waals surface area (Å²) in [6, 6.07) is 3.88. The van der Waals surface area contributed by atoms with Crippen LogP contribution in [0.3, 0.4) is 0 Å². The number of hydrogen-bond acceptors (Lipinski definition) is 5. The van der Waals surface area contributed by atoms with Crippen molar-refractivity contribution in [3.63, 3.8) is 0 Å². The predicted molar refractivity (Wildman–Crippen MR) is 77.8 cm³/mol. The van der Waals surface area contributed by atoms with Crippen molar-refractivity contribution in [1.82, 2.24) is 15.0 Å². The molecule has 0 N–H and O–H groups in total. The number of benzene rings is 1. The largest absolute Gasteiger partial charge is 0.496 e. The quantitative estimate of drug-likeness (QED) is 0.822. The van der Waals surface area contributed by atoms with Gasteiger partial charge < -0.3 is 9.26 Å². The normalized spacial score (nSPS) is 15.1. The van der Waals surface area contributed by atoms with Gasteiger partial charge in [0.25, 0.3) is 0 Å². The molecule has 0 unspecified atom stereocenters. The number of halogens is 3. The molecule has 118 valence electrons. The highest BCUT2D eigenvalue weighted by atomic mass is 79.9. The van der Waals surface area contributed by atoms with Crippen molar-refractivity contribution in [3.8, 4) is 5.75 Å². The Bertz CT molecular complexity index is 678. The first-order valence-corrected chi connectivity index (χ1v) is 7.55. The summed E-state index contributed by atoms with van der Waals surface area (Å²) in [4.78, 5) is 5.79. The molecule has 0 spiro atoms. The van der Waals surface area contributed by atoms with E-state index in [1.54, 1.807) is 7.11 Å². The average molecular weight is 374 g/mol. The molecular formula is C14H14BrF2N3O2. The predicted octanol–water partition coefficient (Wildman–Crippen LogP) is 3.34. The molecule has 0 fully saturated rings. The summed E-state index contributed by atoms with van der Waals surface area (Å²) in [5.41, 5.74) is 2.31. The second-order valence-electron chi connectivity index (χ2n) is 5.01. The van der Waals surface area contributed by atoms with Gasteiger partial charge in [-0.15, -0.1) is 0 Å². The lowest BCUT2D eigenvalue weighted by molar-refractivity contribution is 0.136. The van der Waals surface area contributed by atoms with Gasteiger partial charge in [0, 0.05) is 23.1 Å². The van der Waals surface area contributed by atoms with Crippen molar-refractivity contribution in [1.29, 1.82) is 0 Å². The van der Waals surface area contributed by atoms with Gasteiger partial charge in [0.05, 0.1) is 13.7 Å². The van der Waals surface area contributed by atoms with Gasteiger partial charge in [-0.25, -0.2) is 8.78 Å². The molecule has 0 amide bonds. The fourth-order valence-electron chi connectivity index (χ4n) is 2.60. The standard InChI is InChI=1S/C14H14BrF2N3O2/c1-21-11-3-2-10(15)9-6-20(5-4-8(9)11)7-12-18-14(13(16)17)19-22-12/h2-3,13H,4-7H2,1H3. The summed E-state index contributed by atoms with van der Waals surface area (Å²) in [5.74, 6) is 0.517. The van der Waals surface area contributed by atoms with Crippen LogP contribution in [0.4, 0.5) is 8.78 Å². The molecule has 0 saturated carbocycles. The number of ether oxygens (including phenoxy) is 1. The smallest absolute Gasteiger partial charge is 0.300 e. The van der Waals surface area contributed by atoms with Crippen LogP contribution in [0.25, 0.3) is 0 Å². The van der Waals surface area contributed by atoms with Crippen molar-refractivity contribution in [2.45, 2.75) is 25.9 Å². The third-order valence-electron chi connectivity index (χ3n) is 3.65. The molecule has 0 atom stereocenters. The molecule has 1 aromatic carbocycles. The average Bonchev–Trinajstić information content (AvgIpc) is 2.97. The van der Waals surface area contributed by atoms with E-state index in [2.05, 4.69) is 31.0 Å². The van der Waals surface area contributed by atoms with Gasteiger partial charge in [-0.05, 0) is 24.1 Å². The van der Waals surface area contributed by atoms with E-state index >= 15 is 0 Å². The minimum Gasteiger partial charge on any atom is -0.496 e. The number of fused-ring (bicyclic) bond motifs is 1. The topological polar surface area (TPSA) is 51.4 Å². The zero-order chi connectivity index (χ0) is 15.7. The highest BCUT2D eigenvalue weighted by molar-refractivity contribution is 9.10. The van der Waals surface area contributed by atoms with Crippen LogP contribution in [0.15, 0.2) is 21.1 Å². The van der Waals surface area contributed by atoms with Crippen LogP contribution in [0.2, 0.25) is 0 Å². The van der Waals surface area contributed by atoms with E-state index in [1.165, 1.54) is 5.56 Å². The monoisotopic (exact) mass is 373 g/mol. The van der Waals surface area contributed by atoms with Crippen LogP contribution in [-0.2, 0) is 19.5 Å². The van der Waals surface area contributed by atoms with Crippen LogP contribution in [-0.4, -0.2) is 28.7 Å². The Hall–Kier alpha value is -1.54. The Kier molecular flexibility index (Phi) is 4.39. The molecule has 2 aromatic rings. The van der Waals surface area contributed by atoms with Gasteiger partial charge in [0.1, 0.15) is 5.75 Å². The number of nitrogens with zero attached hydrogens (tertiary/aromatic N) is 3. The Morgan fingerprint density at radius 3 is 2.91 bits per heavy atom. The fourth-order valence-corrected chi connectivity index (χ4v) is 3.10. The maximum absolute atomic E-state index is 12.5. The first-order chi connectivity index (χ1) is 10.6. The third kappa shape index (κ3) is 2.98. The summed E-state index contributed by atoms with van der Waals surface area (Å²) < 4.78 is 36.2. The molecule has 0 bridgehead atoms. The summed E-state index contributed by atoms with van der Waals surface area (Å²) in [6.45, 7) is 1.79. The van der Waals surface area contributed by atoms with Crippen LogP contribution >= 0.6 is 15.9 Å². The van der Waals surface area contributed by atoms with E-state index < -0.39 is 12.2 Å². The van der Waals surface area contributed by atoms with Crippen molar-refractivity contribution >= 4 is 15.9 Å². The fraction of sp³-hybridized carbons (Fsp3) is 0.429. The molecule has 3 rings (SSSR count). The molecule has 1 aromatic heterocycles. The van der Waals surface area contributed by atoms with Crippen LogP contribution in [0.1, 0.15) is 29.3 Å². The summed E-state index contributed by atoms with van der Waals surface area (Å²) in [7, 11) is 1.65. The Balaban J connectivity index is 1.76. The second kappa shape index (κ2) is 6.29. The van der Waals surface area contributed by atoms with Crippen LogP contribution in [0, 0.1) is 0 Å². The molecule has 0 radical (unpaired) electrons. The first-order valence-electron chi connectivity index (χ1n) is 6.75. The molecule has 5 nitrogen and oxygen atoms in total. The van der Waals surface area contributed by atoms with Gasteiger partial charge in [0.2, 0.25) is 11.7 Å². The van der Waals surface area contributed by atoms with E-state index in [-0.39, 0.29) is 5.89 Å². The highest BCUT2D eigenvalue weighted by Crippen LogP contribution is 2.33. The van der Waals surface area contributed by atoms with E-state index in [0.717, 1.165) is 28.8 Å². The van der Waals surface area contributed by atoms with Gasteiger partial charge in [-0.3, -0.25) is 4.90 Å². The molecule has 1 aliphatic rings. The number of methoxy groups -OCH3 is 1. The Morgan fingerprint density at radius 1 is 1.41 bits per heavy atom. The van der Waals surface area contributed by atoms with Crippen LogP contribution < -0.4 is 4.74 Å². The summed E-state index contributed by atoms with van der Waals surface area (Å²) in [6.07, 6.45) is -1.90. The SMILES string of the molecule is COc1ccc(Br)c2c1CCN(Cc1nc(C(F)F)no1)C2. The first kappa shape index (κ1) is 15.4. The minimum atomic E-state index is -2.71. The molecular weight excluding hydrogens is 360 g/mol. The van der Waals surface area contributed by atoms with E-state index in [9.17, 15) is 8.78 Å². The third-order valence-corrected chi connectivity index (χ3v) is 4.39. The summed E-state index contributed by atoms with van der Waals surface area (Å²) >= 11 is 3.55. The van der Waals surface area contributed by atoms with Gasteiger partial charge >= 0.3 is 6.43 Å². The van der Waals surface area contributed by atoms with Crippen molar-refractivity contribution in [2.24, 2.45) is 0 Å². The highest BCUT2D eigenvalue weighted by Gasteiger charge is 2.24. The van der Waals surface area contributed by atoms with Crippen molar-refractivity contribution in [2.75, 3.05) is 13.7 Å². The lowest BCUT2D eigenvalue weighted by Crippen LogP contribution is -2.30. The number of aromatic nitrogens is 2. The molecule has 2 heterocycles. The molecule has 0 saturated heterocycles. The molecule has 0 aliphatic carbocycles. The maximum atomic E-state index is 12.5. The zero-order valence-electron chi connectivity index (χ0n) is 11.9. The number of hydrogen-bond donors (Lipinski definition) is 0. The van der Waals surface area contributed by atoms with Gasteiger partial charge in [-0.2, -0.15) is 4.98 Å². The second-order valence-corrected chi connectivity index (χ2v) is 5.87. The lowest BCUT2D eigenvalue weighted by atomic mass is 9.98. The van der Waals surface area contributed by atoms with Gasteiger partial charge in [0.15, 0.2) is 0 Å². The lowest BCUT2D eigenvalue weighted by Gasteiger charge is -2.29.